The third kappa shape index (κ3) is 5.88. The van der Waals surface area contributed by atoms with E-state index in [0.717, 1.165) is 29.7 Å². The van der Waals surface area contributed by atoms with Gasteiger partial charge >= 0.3 is 5.97 Å². The van der Waals surface area contributed by atoms with E-state index in [0.29, 0.717) is 16.5 Å². The van der Waals surface area contributed by atoms with Crippen molar-refractivity contribution in [2.45, 2.75) is 54.5 Å². The molecule has 0 radical (unpaired) electrons. The van der Waals surface area contributed by atoms with Crippen LogP contribution in [0.3, 0.4) is 0 Å². The summed E-state index contributed by atoms with van der Waals surface area (Å²) in [5.41, 5.74) is 2.80. The summed E-state index contributed by atoms with van der Waals surface area (Å²) < 4.78 is 29.5. The van der Waals surface area contributed by atoms with Gasteiger partial charge in [-0.3, -0.25) is 4.79 Å². The quantitative estimate of drug-likeness (QED) is 0.256. The molecule has 190 valence electrons. The third-order valence-corrected chi connectivity index (χ3v) is 5.71. The number of Topliss-reactive ketones (excluding diaryl/α,β-unsaturated/α-hetero) is 1. The van der Waals surface area contributed by atoms with Crippen LogP contribution >= 0.6 is 0 Å². The number of allylic oxidation sites excluding steroid dienone is 5. The van der Waals surface area contributed by atoms with E-state index in [9.17, 15) is 23.5 Å². The van der Waals surface area contributed by atoms with Crippen molar-refractivity contribution >= 4 is 34.3 Å². The number of carbonyl (C=O) groups is 2. The molecule has 0 saturated heterocycles. The molecule has 36 heavy (non-hydrogen) atoms. The number of fused-ring (bicyclic) bond motifs is 1. The topological polar surface area (TPSA) is 59.3 Å². The van der Waals surface area contributed by atoms with Gasteiger partial charge in [0.2, 0.25) is 0 Å². The first-order valence-electron chi connectivity index (χ1n) is 12.0. The first-order chi connectivity index (χ1) is 17.2. The lowest BCUT2D eigenvalue weighted by molar-refractivity contribution is -0.111. The number of benzene rings is 2. The largest absolute Gasteiger partial charge is 0.477 e. The predicted molar refractivity (Wildman–Crippen MR) is 143 cm³/mol. The van der Waals surface area contributed by atoms with Crippen LogP contribution < -0.4 is 0 Å². The Morgan fingerprint density at radius 1 is 1.11 bits per heavy atom. The average molecular weight is 494 g/mol. The monoisotopic (exact) mass is 493 g/mol. The number of carboxylic acids is 1. The number of carboxylic acid groups (broad SMARTS) is 1. The highest BCUT2D eigenvalue weighted by atomic mass is 19.1. The molecule has 0 amide bonds. The lowest BCUT2D eigenvalue weighted by Gasteiger charge is -2.11. The smallest absolute Gasteiger partial charge is 0.353 e. The van der Waals surface area contributed by atoms with Gasteiger partial charge in [0.25, 0.3) is 0 Å². The highest BCUT2D eigenvalue weighted by Crippen LogP contribution is 2.37. The SMILES string of the molecule is C/C=C\c1ccc2c(c1C)c(/C(=C/C=C\CC)C(C)=O)c(C(=O)O)n2Cc1ccc(F)cc1F.CC. The van der Waals surface area contributed by atoms with Crippen molar-refractivity contribution in [3.8, 4) is 0 Å². The molecule has 0 aliphatic carbocycles. The lowest BCUT2D eigenvalue weighted by Crippen LogP contribution is -2.13. The molecule has 1 N–H and O–H groups in total. The van der Waals surface area contributed by atoms with Crippen LogP contribution in [0.25, 0.3) is 22.6 Å². The van der Waals surface area contributed by atoms with Gasteiger partial charge in [-0.1, -0.05) is 63.3 Å². The number of carbonyl (C=O) groups excluding carboxylic acids is 1. The van der Waals surface area contributed by atoms with Crippen LogP contribution in [-0.4, -0.2) is 21.4 Å². The van der Waals surface area contributed by atoms with Crippen LogP contribution in [0.2, 0.25) is 0 Å². The second kappa shape index (κ2) is 12.8. The van der Waals surface area contributed by atoms with Crippen LogP contribution in [0, 0.1) is 18.6 Å². The molecular weight excluding hydrogens is 460 g/mol. The fraction of sp³-hybridized carbons (Fsp3) is 0.267. The van der Waals surface area contributed by atoms with Gasteiger partial charge in [0.1, 0.15) is 17.3 Å². The summed E-state index contributed by atoms with van der Waals surface area (Å²) in [5, 5.41) is 10.9. The first-order valence-corrected chi connectivity index (χ1v) is 12.0. The molecule has 3 rings (SSSR count). The van der Waals surface area contributed by atoms with Gasteiger partial charge in [0.05, 0.1) is 6.54 Å². The standard InChI is InChI=1S/C28H27F2NO3.C2H6/c1-5-7-8-10-22(18(4)32)26-25-17(3)19(9-6-2)12-14-24(25)31(27(26)28(33)34)16-20-11-13-21(29)15-23(20)30;1-2/h6-15H,5,16H2,1-4H3,(H,33,34);1-2H3/b8-7-,9-6-,22-10+;. The summed E-state index contributed by atoms with van der Waals surface area (Å²) in [4.78, 5) is 25.3. The zero-order valence-corrected chi connectivity index (χ0v) is 21.7. The van der Waals surface area contributed by atoms with E-state index in [1.54, 1.807) is 18.2 Å². The summed E-state index contributed by atoms with van der Waals surface area (Å²) in [7, 11) is 0. The lowest BCUT2D eigenvalue weighted by atomic mass is 9.93. The molecule has 6 heteroatoms. The van der Waals surface area contributed by atoms with Gasteiger partial charge in [0.15, 0.2) is 5.78 Å². The third-order valence-electron chi connectivity index (χ3n) is 5.71. The number of halogens is 2. The molecule has 3 aromatic rings. The van der Waals surface area contributed by atoms with Crippen LogP contribution in [-0.2, 0) is 11.3 Å². The number of nitrogens with zero attached hydrogens (tertiary/aromatic N) is 1. The number of aryl methyl sites for hydroxylation is 1. The molecular formula is C30H33F2NO3. The maximum atomic E-state index is 14.5. The number of hydrogen-bond donors (Lipinski definition) is 1. The van der Waals surface area contributed by atoms with Crippen LogP contribution in [0.4, 0.5) is 8.78 Å². The van der Waals surface area contributed by atoms with Crippen molar-refractivity contribution in [2.75, 3.05) is 0 Å². The van der Waals surface area contributed by atoms with Crippen LogP contribution in [0.15, 0.2) is 54.6 Å². The Morgan fingerprint density at radius 2 is 1.81 bits per heavy atom. The van der Waals surface area contributed by atoms with E-state index in [4.69, 9.17) is 0 Å². The first kappa shape index (κ1) is 28.4. The van der Waals surface area contributed by atoms with E-state index in [2.05, 4.69) is 0 Å². The number of ketones is 1. The minimum absolute atomic E-state index is 0.120. The molecule has 0 unspecified atom stereocenters. The Bertz CT molecular complexity index is 1360. The fourth-order valence-electron chi connectivity index (χ4n) is 4.13. The number of aromatic nitrogens is 1. The summed E-state index contributed by atoms with van der Waals surface area (Å²) >= 11 is 0. The summed E-state index contributed by atoms with van der Waals surface area (Å²) in [5.74, 6) is -3.01. The van der Waals surface area contributed by atoms with Gasteiger partial charge in [-0.2, -0.15) is 0 Å². The molecule has 0 fully saturated rings. The van der Waals surface area contributed by atoms with E-state index in [-0.39, 0.29) is 29.2 Å². The van der Waals surface area contributed by atoms with Crippen molar-refractivity contribution in [3.05, 3.63) is 94.2 Å². The molecule has 0 bridgehead atoms. The minimum Gasteiger partial charge on any atom is -0.477 e. The molecule has 0 saturated carbocycles. The predicted octanol–water partition coefficient (Wildman–Crippen LogP) is 7.97. The zero-order valence-electron chi connectivity index (χ0n) is 21.7. The summed E-state index contributed by atoms with van der Waals surface area (Å²) in [6, 6.07) is 6.84. The molecule has 0 aliphatic rings. The fourth-order valence-corrected chi connectivity index (χ4v) is 4.13. The summed E-state index contributed by atoms with van der Waals surface area (Å²) in [6.07, 6.45) is 9.76. The van der Waals surface area contributed by atoms with Gasteiger partial charge in [-0.05, 0) is 50.5 Å². The van der Waals surface area contributed by atoms with Crippen molar-refractivity contribution < 1.29 is 23.5 Å². The van der Waals surface area contributed by atoms with Crippen LogP contribution in [0.5, 0.6) is 0 Å². The Kier molecular flexibility index (Phi) is 10.1. The van der Waals surface area contributed by atoms with Gasteiger partial charge in [0, 0.05) is 33.7 Å². The minimum atomic E-state index is -1.24. The highest BCUT2D eigenvalue weighted by molar-refractivity contribution is 6.26. The molecule has 1 heterocycles. The number of rotatable bonds is 8. The van der Waals surface area contributed by atoms with E-state index in [1.165, 1.54) is 17.6 Å². The number of aromatic carboxylic acids is 1. The molecule has 0 spiro atoms. The normalized spacial score (nSPS) is 11.8. The van der Waals surface area contributed by atoms with Crippen molar-refractivity contribution in [1.82, 2.24) is 4.57 Å². The average Bonchev–Trinajstić information content (AvgIpc) is 3.16. The molecule has 4 nitrogen and oxygen atoms in total. The van der Waals surface area contributed by atoms with Crippen LogP contribution in [0.1, 0.15) is 73.8 Å². The Balaban J connectivity index is 0.00000222. The maximum Gasteiger partial charge on any atom is 0.353 e. The van der Waals surface area contributed by atoms with Crippen molar-refractivity contribution in [2.24, 2.45) is 0 Å². The Morgan fingerprint density at radius 3 is 2.36 bits per heavy atom. The molecule has 2 aromatic carbocycles. The second-order valence-corrected chi connectivity index (χ2v) is 8.00. The Labute approximate surface area is 211 Å². The van der Waals surface area contributed by atoms with E-state index in [1.807, 2.05) is 58.9 Å². The Hall–Kier alpha value is -3.80. The van der Waals surface area contributed by atoms with Gasteiger partial charge in [-0.25, -0.2) is 13.6 Å². The zero-order chi connectivity index (χ0) is 27.0. The maximum absolute atomic E-state index is 14.5. The number of hydrogen-bond acceptors (Lipinski definition) is 2. The molecule has 0 aliphatic heterocycles. The summed E-state index contributed by atoms with van der Waals surface area (Å²) in [6.45, 7) is 11.0. The second-order valence-electron chi connectivity index (χ2n) is 8.00. The van der Waals surface area contributed by atoms with E-state index < -0.39 is 17.6 Å². The van der Waals surface area contributed by atoms with E-state index >= 15 is 0 Å². The van der Waals surface area contributed by atoms with Gasteiger partial charge in [-0.15, -0.1) is 0 Å². The molecule has 0 atom stereocenters. The molecule has 1 aromatic heterocycles. The van der Waals surface area contributed by atoms with Gasteiger partial charge < -0.3 is 9.67 Å². The van der Waals surface area contributed by atoms with Crippen molar-refractivity contribution in [3.63, 3.8) is 0 Å². The highest BCUT2D eigenvalue weighted by Gasteiger charge is 2.28. The van der Waals surface area contributed by atoms with Crippen molar-refractivity contribution in [1.29, 1.82) is 0 Å².